The van der Waals surface area contributed by atoms with E-state index in [0.717, 1.165) is 29.0 Å². The first-order chi connectivity index (χ1) is 19.8. The summed E-state index contributed by atoms with van der Waals surface area (Å²) < 4.78 is 51.9. The van der Waals surface area contributed by atoms with Gasteiger partial charge in [-0.1, -0.05) is 24.3 Å². The number of imidazole rings is 1. The van der Waals surface area contributed by atoms with E-state index in [1.807, 2.05) is 28.7 Å². The minimum absolute atomic E-state index is 0.196. The third-order valence-electron chi connectivity index (χ3n) is 7.23. The molecule has 3 aromatic carbocycles. The van der Waals surface area contributed by atoms with Crippen LogP contribution < -0.4 is 10.1 Å². The Morgan fingerprint density at radius 1 is 1.07 bits per heavy atom. The third kappa shape index (κ3) is 5.28. The molecule has 41 heavy (non-hydrogen) atoms. The molecule has 210 valence electrons. The molecule has 5 aromatic rings. The van der Waals surface area contributed by atoms with Crippen LogP contribution in [0.4, 0.5) is 19.0 Å². The molecule has 0 radical (unpaired) electrons. The second kappa shape index (κ2) is 10.7. The van der Waals surface area contributed by atoms with Gasteiger partial charge in [-0.15, -0.1) is 0 Å². The van der Waals surface area contributed by atoms with Crippen molar-refractivity contribution in [2.75, 3.05) is 32.2 Å². The number of anilines is 1. The van der Waals surface area contributed by atoms with Gasteiger partial charge in [-0.05, 0) is 53.6 Å². The molecule has 1 saturated heterocycles. The molecule has 11 heteroatoms. The molecule has 1 fully saturated rings. The summed E-state index contributed by atoms with van der Waals surface area (Å²) in [5, 5.41) is 3.37. The zero-order valence-electron chi connectivity index (χ0n) is 22.1. The number of methoxy groups -OCH3 is 1. The highest BCUT2D eigenvalue weighted by atomic mass is 19.4. The first kappa shape index (κ1) is 26.6. The molecule has 1 aliphatic heterocycles. The Hall–Kier alpha value is -4.64. The molecule has 0 aliphatic carbocycles. The van der Waals surface area contributed by atoms with Gasteiger partial charge in [0.05, 0.1) is 55.5 Å². The highest BCUT2D eigenvalue weighted by Gasteiger charge is 2.33. The van der Waals surface area contributed by atoms with E-state index in [0.29, 0.717) is 47.7 Å². The number of benzene rings is 3. The summed E-state index contributed by atoms with van der Waals surface area (Å²) in [6.07, 6.45) is -1.05. The van der Waals surface area contributed by atoms with Crippen LogP contribution in [0.2, 0.25) is 0 Å². The molecule has 3 heterocycles. The monoisotopic (exact) mass is 561 g/mol. The Kier molecular flexibility index (Phi) is 6.96. The van der Waals surface area contributed by atoms with Crippen LogP contribution in [0.15, 0.2) is 79.3 Å². The van der Waals surface area contributed by atoms with Gasteiger partial charge < -0.3 is 19.7 Å². The Bertz CT molecular complexity index is 1700. The van der Waals surface area contributed by atoms with Crippen LogP contribution in [0.5, 0.6) is 5.75 Å². The van der Waals surface area contributed by atoms with Crippen LogP contribution in [0, 0.1) is 0 Å². The zero-order chi connectivity index (χ0) is 28.6. The quantitative estimate of drug-likeness (QED) is 0.285. The molecule has 8 nitrogen and oxygen atoms in total. The summed E-state index contributed by atoms with van der Waals surface area (Å²) in [7, 11) is 1.63. The summed E-state index contributed by atoms with van der Waals surface area (Å²) in [4.78, 5) is 24.5. The van der Waals surface area contributed by atoms with Gasteiger partial charge in [0.2, 0.25) is 0 Å². The number of alkyl halides is 3. The van der Waals surface area contributed by atoms with E-state index in [4.69, 9.17) is 14.5 Å². The number of ether oxygens (including phenoxy) is 2. The first-order valence-corrected chi connectivity index (χ1v) is 13.0. The number of rotatable bonds is 6. The molecule has 0 saturated carbocycles. The molecule has 1 aliphatic rings. The van der Waals surface area contributed by atoms with E-state index in [1.165, 1.54) is 12.1 Å². The fraction of sp³-hybridized carbons (Fsp3) is 0.233. The van der Waals surface area contributed by atoms with Crippen LogP contribution in [-0.2, 0) is 17.5 Å². The van der Waals surface area contributed by atoms with Crippen molar-refractivity contribution in [2.45, 2.75) is 18.8 Å². The lowest BCUT2D eigenvalue weighted by Crippen LogP contribution is -2.43. The Morgan fingerprint density at radius 3 is 2.59 bits per heavy atom. The molecule has 1 unspecified atom stereocenters. The zero-order valence-corrected chi connectivity index (χ0v) is 22.1. The number of fused-ring (bicyclic) bond motifs is 3. The van der Waals surface area contributed by atoms with Crippen molar-refractivity contribution in [3.8, 4) is 5.75 Å². The molecule has 1 amide bonds. The molecular formula is C30H26F3N5O3. The number of hydrogen-bond donors (Lipinski definition) is 1. The summed E-state index contributed by atoms with van der Waals surface area (Å²) >= 11 is 0. The van der Waals surface area contributed by atoms with Crippen LogP contribution >= 0.6 is 0 Å². The fourth-order valence-corrected chi connectivity index (χ4v) is 5.03. The molecule has 6 rings (SSSR count). The molecule has 2 aromatic heterocycles. The number of carbonyl (C=O) groups is 1. The predicted molar refractivity (Wildman–Crippen MR) is 147 cm³/mol. The number of aromatic nitrogens is 3. The van der Waals surface area contributed by atoms with Crippen molar-refractivity contribution < 1.29 is 27.4 Å². The van der Waals surface area contributed by atoms with Gasteiger partial charge >= 0.3 is 6.18 Å². The number of nitrogens with one attached hydrogen (secondary N) is 1. The maximum absolute atomic E-state index is 13.7. The van der Waals surface area contributed by atoms with Gasteiger partial charge in [-0.25, -0.2) is 9.97 Å². The largest absolute Gasteiger partial charge is 0.497 e. The van der Waals surface area contributed by atoms with Crippen LogP contribution in [0.25, 0.3) is 16.6 Å². The normalized spacial score (nSPS) is 15.8. The Morgan fingerprint density at radius 2 is 1.85 bits per heavy atom. The maximum atomic E-state index is 13.7. The van der Waals surface area contributed by atoms with Crippen LogP contribution in [0.3, 0.4) is 0 Å². The lowest BCUT2D eigenvalue weighted by Gasteiger charge is -2.36. The average molecular weight is 562 g/mol. The molecular weight excluding hydrogens is 535 g/mol. The fourth-order valence-electron chi connectivity index (χ4n) is 5.03. The van der Waals surface area contributed by atoms with Crippen LogP contribution in [0.1, 0.15) is 33.1 Å². The minimum atomic E-state index is -4.43. The van der Waals surface area contributed by atoms with Gasteiger partial charge in [0, 0.05) is 18.7 Å². The SMILES string of the molecule is COc1ccc(CNc2nc3ccc(C(=O)N4CCOCC4c4ccc(C(F)(F)F)cc4)cc3n3cncc23)cc1. The second-order valence-electron chi connectivity index (χ2n) is 9.72. The van der Waals surface area contributed by atoms with Crippen LogP contribution in [-0.4, -0.2) is 52.0 Å². The lowest BCUT2D eigenvalue weighted by molar-refractivity contribution is -0.137. The topological polar surface area (TPSA) is 81.0 Å². The number of amides is 1. The standard InChI is InChI=1S/C30H26F3N5O3/c1-40-23-9-2-19(3-10-23)15-35-28-26-16-34-18-38(26)25-14-21(6-11-24(25)36-28)29(39)37-12-13-41-17-27(37)20-4-7-22(8-5-20)30(31,32)33/h2-11,14,16,18,27H,12-13,15,17H2,1H3,(H,35,36). The van der Waals surface area contributed by atoms with Crippen molar-refractivity contribution in [2.24, 2.45) is 0 Å². The third-order valence-corrected chi connectivity index (χ3v) is 7.23. The summed E-state index contributed by atoms with van der Waals surface area (Å²) in [5.74, 6) is 1.19. The van der Waals surface area contributed by atoms with Gasteiger partial charge in [-0.3, -0.25) is 9.20 Å². The van der Waals surface area contributed by atoms with Crippen molar-refractivity contribution in [3.05, 3.63) is 102 Å². The van der Waals surface area contributed by atoms with Gasteiger partial charge in [0.15, 0.2) is 5.82 Å². The number of carbonyl (C=O) groups excluding carboxylic acids is 1. The first-order valence-electron chi connectivity index (χ1n) is 13.0. The average Bonchev–Trinajstić information content (AvgIpc) is 3.50. The Balaban J connectivity index is 1.27. The predicted octanol–water partition coefficient (Wildman–Crippen LogP) is 5.74. The molecule has 0 spiro atoms. The van der Waals surface area contributed by atoms with Gasteiger partial charge in [0.25, 0.3) is 5.91 Å². The maximum Gasteiger partial charge on any atom is 0.416 e. The smallest absolute Gasteiger partial charge is 0.416 e. The molecule has 0 bridgehead atoms. The van der Waals surface area contributed by atoms with E-state index < -0.39 is 17.8 Å². The summed E-state index contributed by atoms with van der Waals surface area (Å²) in [6.45, 7) is 1.39. The van der Waals surface area contributed by atoms with E-state index >= 15 is 0 Å². The summed E-state index contributed by atoms with van der Waals surface area (Å²) in [5.41, 5.74) is 3.47. The van der Waals surface area contributed by atoms with Crippen molar-refractivity contribution >= 4 is 28.3 Å². The minimum Gasteiger partial charge on any atom is -0.497 e. The van der Waals surface area contributed by atoms with E-state index in [9.17, 15) is 18.0 Å². The number of hydrogen-bond acceptors (Lipinski definition) is 6. The number of nitrogens with zero attached hydrogens (tertiary/aromatic N) is 4. The van der Waals surface area contributed by atoms with E-state index in [-0.39, 0.29) is 12.5 Å². The molecule has 1 N–H and O–H groups in total. The lowest BCUT2D eigenvalue weighted by atomic mass is 10.0. The number of morpholine rings is 1. The highest BCUT2D eigenvalue weighted by molar-refractivity contribution is 5.98. The second-order valence-corrected chi connectivity index (χ2v) is 9.72. The van der Waals surface area contributed by atoms with Gasteiger partial charge in [-0.2, -0.15) is 13.2 Å². The number of halogens is 3. The molecule has 1 atom stereocenters. The summed E-state index contributed by atoms with van der Waals surface area (Å²) in [6, 6.07) is 17.4. The van der Waals surface area contributed by atoms with E-state index in [1.54, 1.807) is 42.7 Å². The van der Waals surface area contributed by atoms with Crippen molar-refractivity contribution in [3.63, 3.8) is 0 Å². The van der Waals surface area contributed by atoms with E-state index in [2.05, 4.69) is 10.3 Å². The van der Waals surface area contributed by atoms with Crippen molar-refractivity contribution in [1.82, 2.24) is 19.3 Å². The van der Waals surface area contributed by atoms with Crippen molar-refractivity contribution in [1.29, 1.82) is 0 Å². The Labute approximate surface area is 233 Å². The van der Waals surface area contributed by atoms with Gasteiger partial charge in [0.1, 0.15) is 11.3 Å². The highest BCUT2D eigenvalue weighted by Crippen LogP contribution is 2.32.